The van der Waals surface area contributed by atoms with Crippen LogP contribution < -0.4 is 10.2 Å². The summed E-state index contributed by atoms with van der Waals surface area (Å²) in [4.78, 5) is 6.52. The molecule has 1 rings (SSSR count). The van der Waals surface area contributed by atoms with E-state index in [2.05, 4.69) is 47.6 Å². The Labute approximate surface area is 103 Å². The van der Waals surface area contributed by atoms with Crippen LogP contribution >= 0.6 is 11.8 Å². The maximum absolute atomic E-state index is 4.22. The van der Waals surface area contributed by atoms with Gasteiger partial charge < -0.3 is 10.2 Å². The molecule has 4 heteroatoms. The molecule has 0 fully saturated rings. The number of nitrogens with one attached hydrogen (secondary N) is 1. The van der Waals surface area contributed by atoms with E-state index in [0.717, 1.165) is 5.82 Å². The Bertz CT molecular complexity index is 317. The molecule has 1 atom stereocenters. The fraction of sp³-hybridized carbons (Fsp3) is 0.583. The van der Waals surface area contributed by atoms with Crippen LogP contribution in [0.5, 0.6) is 0 Å². The Morgan fingerprint density at radius 3 is 2.94 bits per heavy atom. The van der Waals surface area contributed by atoms with Gasteiger partial charge in [0.2, 0.25) is 0 Å². The fourth-order valence-electron chi connectivity index (χ4n) is 1.51. The van der Waals surface area contributed by atoms with E-state index in [9.17, 15) is 0 Å². The zero-order valence-corrected chi connectivity index (χ0v) is 11.3. The van der Waals surface area contributed by atoms with E-state index in [-0.39, 0.29) is 0 Å². The lowest BCUT2D eigenvalue weighted by Gasteiger charge is -2.27. The average Bonchev–Trinajstić information content (AvgIpc) is 2.35. The SMILES string of the molecule is CNc1cc(N(C)C(C)CCSC)ccn1. The summed E-state index contributed by atoms with van der Waals surface area (Å²) in [5.41, 5.74) is 1.22. The van der Waals surface area contributed by atoms with Crippen LogP contribution in [0.15, 0.2) is 18.3 Å². The molecule has 0 saturated heterocycles. The number of pyridine rings is 1. The molecule has 0 aliphatic carbocycles. The molecule has 0 spiro atoms. The van der Waals surface area contributed by atoms with Crippen molar-refractivity contribution in [2.45, 2.75) is 19.4 Å². The highest BCUT2D eigenvalue weighted by Gasteiger charge is 2.09. The van der Waals surface area contributed by atoms with Gasteiger partial charge >= 0.3 is 0 Å². The van der Waals surface area contributed by atoms with E-state index >= 15 is 0 Å². The predicted octanol–water partition coefficient (Wildman–Crippen LogP) is 2.70. The van der Waals surface area contributed by atoms with Crippen LogP contribution in [-0.2, 0) is 0 Å². The number of thioether (sulfide) groups is 1. The molecule has 1 N–H and O–H groups in total. The van der Waals surface area contributed by atoms with Crippen molar-refractivity contribution in [3.8, 4) is 0 Å². The number of nitrogens with zero attached hydrogens (tertiary/aromatic N) is 2. The normalized spacial score (nSPS) is 12.2. The first-order chi connectivity index (χ1) is 7.69. The first-order valence-electron chi connectivity index (χ1n) is 5.54. The van der Waals surface area contributed by atoms with Gasteiger partial charge in [-0.1, -0.05) is 0 Å². The molecule has 1 unspecified atom stereocenters. The van der Waals surface area contributed by atoms with Gasteiger partial charge in [0.25, 0.3) is 0 Å². The lowest BCUT2D eigenvalue weighted by atomic mass is 10.2. The third kappa shape index (κ3) is 3.59. The van der Waals surface area contributed by atoms with E-state index in [0.29, 0.717) is 6.04 Å². The Morgan fingerprint density at radius 2 is 2.31 bits per heavy atom. The molecule has 0 radical (unpaired) electrons. The maximum atomic E-state index is 4.22. The molecule has 0 aliphatic heterocycles. The van der Waals surface area contributed by atoms with Crippen molar-refractivity contribution >= 4 is 23.3 Å². The third-order valence-electron chi connectivity index (χ3n) is 2.81. The van der Waals surface area contributed by atoms with Crippen LogP contribution in [0.2, 0.25) is 0 Å². The molecule has 1 heterocycles. The molecule has 0 amide bonds. The zero-order valence-electron chi connectivity index (χ0n) is 10.5. The minimum absolute atomic E-state index is 0.555. The molecule has 1 aromatic heterocycles. The first-order valence-corrected chi connectivity index (χ1v) is 6.94. The summed E-state index contributed by atoms with van der Waals surface area (Å²) in [6.07, 6.45) is 5.20. The van der Waals surface area contributed by atoms with E-state index in [1.165, 1.54) is 17.9 Å². The summed E-state index contributed by atoms with van der Waals surface area (Å²) < 4.78 is 0. The summed E-state index contributed by atoms with van der Waals surface area (Å²) in [7, 11) is 4.03. The molecular weight excluding hydrogens is 218 g/mol. The van der Waals surface area contributed by atoms with Crippen molar-refractivity contribution in [1.29, 1.82) is 0 Å². The third-order valence-corrected chi connectivity index (χ3v) is 3.45. The number of aromatic nitrogens is 1. The number of rotatable bonds is 6. The molecule has 1 aromatic rings. The summed E-state index contributed by atoms with van der Waals surface area (Å²) in [5.74, 6) is 2.12. The summed E-state index contributed by atoms with van der Waals surface area (Å²) in [5, 5.41) is 3.06. The predicted molar refractivity (Wildman–Crippen MR) is 74.6 cm³/mol. The lowest BCUT2D eigenvalue weighted by Crippen LogP contribution is -2.29. The summed E-state index contributed by atoms with van der Waals surface area (Å²) in [6, 6.07) is 4.69. The van der Waals surface area contributed by atoms with E-state index in [1.54, 1.807) is 0 Å². The van der Waals surface area contributed by atoms with Crippen LogP contribution in [0, 0.1) is 0 Å². The Kier molecular flexibility index (Phi) is 5.46. The molecule has 3 nitrogen and oxygen atoms in total. The van der Waals surface area contributed by atoms with E-state index in [1.807, 2.05) is 25.0 Å². The van der Waals surface area contributed by atoms with Gasteiger partial charge in [-0.3, -0.25) is 0 Å². The van der Waals surface area contributed by atoms with Gasteiger partial charge in [-0.15, -0.1) is 0 Å². The minimum atomic E-state index is 0.555. The van der Waals surface area contributed by atoms with Crippen molar-refractivity contribution in [3.05, 3.63) is 18.3 Å². The Balaban J connectivity index is 2.67. The van der Waals surface area contributed by atoms with Crippen molar-refractivity contribution < 1.29 is 0 Å². The zero-order chi connectivity index (χ0) is 12.0. The first kappa shape index (κ1) is 13.2. The largest absolute Gasteiger partial charge is 0.373 e. The Morgan fingerprint density at radius 1 is 1.56 bits per heavy atom. The summed E-state index contributed by atoms with van der Waals surface area (Å²) in [6.45, 7) is 2.26. The van der Waals surface area contributed by atoms with Gasteiger partial charge in [0.1, 0.15) is 5.82 Å². The van der Waals surface area contributed by atoms with Gasteiger partial charge in [-0.05, 0) is 31.4 Å². The number of hydrogen-bond acceptors (Lipinski definition) is 4. The van der Waals surface area contributed by atoms with Gasteiger partial charge in [-0.25, -0.2) is 4.98 Å². The van der Waals surface area contributed by atoms with Gasteiger partial charge in [-0.2, -0.15) is 11.8 Å². The molecule has 0 saturated carbocycles. The Hall–Kier alpha value is -0.900. The molecular formula is C12H21N3S. The molecule has 90 valence electrons. The van der Waals surface area contributed by atoms with E-state index in [4.69, 9.17) is 0 Å². The van der Waals surface area contributed by atoms with E-state index < -0.39 is 0 Å². The molecule has 0 aliphatic rings. The number of hydrogen-bond donors (Lipinski definition) is 1. The highest BCUT2D eigenvalue weighted by atomic mass is 32.2. The van der Waals surface area contributed by atoms with Crippen LogP contribution in [0.3, 0.4) is 0 Å². The minimum Gasteiger partial charge on any atom is -0.373 e. The van der Waals surface area contributed by atoms with Crippen molar-refractivity contribution in [1.82, 2.24) is 4.98 Å². The topological polar surface area (TPSA) is 28.2 Å². The standard InChI is InChI=1S/C12H21N3S/c1-10(6-8-16-4)15(3)11-5-7-14-12(9-11)13-2/h5,7,9-10H,6,8H2,1-4H3,(H,13,14). The van der Waals surface area contributed by atoms with Gasteiger partial charge in [0, 0.05) is 38.1 Å². The molecule has 0 aromatic carbocycles. The van der Waals surface area contributed by atoms with Crippen LogP contribution in [0.4, 0.5) is 11.5 Å². The lowest BCUT2D eigenvalue weighted by molar-refractivity contribution is 0.669. The van der Waals surface area contributed by atoms with Gasteiger partial charge in [0.05, 0.1) is 0 Å². The smallest absolute Gasteiger partial charge is 0.127 e. The van der Waals surface area contributed by atoms with Crippen LogP contribution in [0.25, 0.3) is 0 Å². The van der Waals surface area contributed by atoms with Crippen LogP contribution in [-0.4, -0.2) is 37.1 Å². The van der Waals surface area contributed by atoms with Crippen LogP contribution in [0.1, 0.15) is 13.3 Å². The van der Waals surface area contributed by atoms with Crippen molar-refractivity contribution in [2.24, 2.45) is 0 Å². The maximum Gasteiger partial charge on any atom is 0.127 e. The van der Waals surface area contributed by atoms with Crippen molar-refractivity contribution in [3.63, 3.8) is 0 Å². The second-order valence-corrected chi connectivity index (χ2v) is 4.88. The molecule has 16 heavy (non-hydrogen) atoms. The van der Waals surface area contributed by atoms with Crippen molar-refractivity contribution in [2.75, 3.05) is 36.3 Å². The second-order valence-electron chi connectivity index (χ2n) is 3.89. The van der Waals surface area contributed by atoms with Gasteiger partial charge in [0.15, 0.2) is 0 Å². The summed E-state index contributed by atoms with van der Waals surface area (Å²) >= 11 is 1.90. The fourth-order valence-corrected chi connectivity index (χ4v) is 2.09. The average molecular weight is 239 g/mol. The molecule has 0 bridgehead atoms. The number of anilines is 2. The highest BCUT2D eigenvalue weighted by molar-refractivity contribution is 7.98. The second kappa shape index (κ2) is 6.63. The monoisotopic (exact) mass is 239 g/mol. The highest BCUT2D eigenvalue weighted by Crippen LogP contribution is 2.19. The quantitative estimate of drug-likeness (QED) is 0.826.